The topological polar surface area (TPSA) is 19.4 Å². The van der Waals surface area contributed by atoms with Gasteiger partial charge in [0.1, 0.15) is 0 Å². The van der Waals surface area contributed by atoms with Crippen LogP contribution in [0.2, 0.25) is 0 Å². The lowest BCUT2D eigenvalue weighted by molar-refractivity contribution is 0.945. The average Bonchev–Trinajstić information content (AvgIpc) is 2.85. The second kappa shape index (κ2) is 4.23. The Balaban J connectivity index is 1.84. The van der Waals surface area contributed by atoms with Gasteiger partial charge in [-0.3, -0.25) is 0 Å². The van der Waals surface area contributed by atoms with Crippen LogP contribution in [-0.4, -0.2) is 18.7 Å². The first-order valence-electron chi connectivity index (χ1n) is 6.75. The zero-order valence-corrected chi connectivity index (χ0v) is 11.3. The summed E-state index contributed by atoms with van der Waals surface area (Å²) in [7, 11) is 2.10. The Hall–Kier alpha value is -2.55. The largest absolute Gasteiger partial charge is 0.354 e. The number of benzene rings is 2. The summed E-state index contributed by atoms with van der Waals surface area (Å²) < 4.78 is 0. The number of pyridine rings is 1. The molecule has 0 unspecified atom stereocenters. The summed E-state index contributed by atoms with van der Waals surface area (Å²) in [5.74, 6) is 1.03. The highest BCUT2D eigenvalue weighted by molar-refractivity contribution is 5.88. The molecule has 98 valence electrons. The van der Waals surface area contributed by atoms with Crippen LogP contribution in [0.15, 0.2) is 60.8 Å². The molecule has 0 saturated carbocycles. The van der Waals surface area contributed by atoms with Gasteiger partial charge in [0.2, 0.25) is 0 Å². The number of hydrogen-bond donors (Lipinski definition) is 0. The Morgan fingerprint density at radius 3 is 2.70 bits per heavy atom. The number of anilines is 3. The minimum absolute atomic E-state index is 0.838. The number of fused-ring (bicyclic) bond motifs is 2. The standard InChI is InChI=1S/C17H15N3/c1-19-12-20(17-16(19)7-4-10-18-17)15-9-8-13-5-2-3-6-14(13)11-15/h2-11H,12H2,1H3. The molecule has 4 rings (SSSR count). The van der Waals surface area contributed by atoms with Gasteiger partial charge in [-0.1, -0.05) is 30.3 Å². The zero-order valence-electron chi connectivity index (χ0n) is 11.3. The summed E-state index contributed by atoms with van der Waals surface area (Å²) in [5, 5.41) is 2.53. The maximum absolute atomic E-state index is 4.53. The molecule has 0 fully saturated rings. The second-order valence-corrected chi connectivity index (χ2v) is 5.14. The highest BCUT2D eigenvalue weighted by Crippen LogP contribution is 2.38. The van der Waals surface area contributed by atoms with Crippen LogP contribution in [0.5, 0.6) is 0 Å². The van der Waals surface area contributed by atoms with E-state index in [0.29, 0.717) is 0 Å². The molecule has 3 nitrogen and oxygen atoms in total. The minimum Gasteiger partial charge on any atom is -0.354 e. The predicted octanol–water partition coefficient (Wildman–Crippen LogP) is 3.78. The van der Waals surface area contributed by atoms with Crippen molar-refractivity contribution in [1.29, 1.82) is 0 Å². The molecular formula is C17H15N3. The van der Waals surface area contributed by atoms with Crippen molar-refractivity contribution in [3.05, 3.63) is 60.8 Å². The van der Waals surface area contributed by atoms with Crippen molar-refractivity contribution in [2.45, 2.75) is 0 Å². The zero-order chi connectivity index (χ0) is 13.5. The third kappa shape index (κ3) is 1.63. The van der Waals surface area contributed by atoms with E-state index in [0.717, 1.165) is 12.5 Å². The summed E-state index contributed by atoms with van der Waals surface area (Å²) in [6.45, 7) is 0.838. The number of aromatic nitrogens is 1. The molecule has 2 heterocycles. The van der Waals surface area contributed by atoms with Gasteiger partial charge in [0, 0.05) is 18.9 Å². The fraction of sp³-hybridized carbons (Fsp3) is 0.118. The molecule has 0 spiro atoms. The first-order valence-corrected chi connectivity index (χ1v) is 6.75. The number of nitrogens with zero attached hydrogens (tertiary/aromatic N) is 3. The van der Waals surface area contributed by atoms with Crippen LogP contribution < -0.4 is 9.80 Å². The average molecular weight is 261 g/mol. The van der Waals surface area contributed by atoms with Crippen molar-refractivity contribution in [3.63, 3.8) is 0 Å². The van der Waals surface area contributed by atoms with Gasteiger partial charge in [0.05, 0.1) is 12.4 Å². The third-order valence-corrected chi connectivity index (χ3v) is 3.83. The number of rotatable bonds is 1. The summed E-state index contributed by atoms with van der Waals surface area (Å²) in [4.78, 5) is 9.00. The molecular weight excluding hydrogens is 246 g/mol. The Bertz CT molecular complexity index is 782. The minimum atomic E-state index is 0.838. The molecule has 1 aromatic heterocycles. The third-order valence-electron chi connectivity index (χ3n) is 3.83. The quantitative estimate of drug-likeness (QED) is 0.664. The van der Waals surface area contributed by atoms with E-state index in [4.69, 9.17) is 0 Å². The lowest BCUT2D eigenvalue weighted by atomic mass is 10.1. The highest BCUT2D eigenvalue weighted by atomic mass is 15.4. The monoisotopic (exact) mass is 261 g/mol. The summed E-state index contributed by atoms with van der Waals surface area (Å²) >= 11 is 0. The lowest BCUT2D eigenvalue weighted by Gasteiger charge is -2.19. The van der Waals surface area contributed by atoms with E-state index in [1.807, 2.05) is 12.3 Å². The van der Waals surface area contributed by atoms with Crippen LogP contribution in [0, 0.1) is 0 Å². The molecule has 0 aliphatic carbocycles. The molecule has 1 aliphatic heterocycles. The fourth-order valence-corrected chi connectivity index (χ4v) is 2.80. The van der Waals surface area contributed by atoms with Crippen molar-refractivity contribution in [1.82, 2.24) is 4.98 Å². The molecule has 1 aliphatic rings. The van der Waals surface area contributed by atoms with Crippen molar-refractivity contribution in [2.24, 2.45) is 0 Å². The second-order valence-electron chi connectivity index (χ2n) is 5.14. The van der Waals surface area contributed by atoms with Crippen molar-refractivity contribution in [3.8, 4) is 0 Å². The van der Waals surface area contributed by atoms with E-state index in [1.165, 1.54) is 22.1 Å². The van der Waals surface area contributed by atoms with Crippen molar-refractivity contribution >= 4 is 28.0 Å². The number of hydrogen-bond acceptors (Lipinski definition) is 3. The summed E-state index contributed by atoms with van der Waals surface area (Å²) in [6, 6.07) is 19.1. The molecule has 0 amide bonds. The fourth-order valence-electron chi connectivity index (χ4n) is 2.80. The maximum Gasteiger partial charge on any atom is 0.158 e. The van der Waals surface area contributed by atoms with Gasteiger partial charge in [-0.2, -0.15) is 0 Å². The molecule has 3 heteroatoms. The van der Waals surface area contributed by atoms with Crippen LogP contribution >= 0.6 is 0 Å². The van der Waals surface area contributed by atoms with Gasteiger partial charge in [-0.15, -0.1) is 0 Å². The molecule has 0 bridgehead atoms. The normalized spacial score (nSPS) is 13.8. The van der Waals surface area contributed by atoms with E-state index >= 15 is 0 Å². The molecule has 0 N–H and O–H groups in total. The maximum atomic E-state index is 4.53. The van der Waals surface area contributed by atoms with Gasteiger partial charge in [0.15, 0.2) is 5.82 Å². The highest BCUT2D eigenvalue weighted by Gasteiger charge is 2.25. The van der Waals surface area contributed by atoms with E-state index in [-0.39, 0.29) is 0 Å². The summed E-state index contributed by atoms with van der Waals surface area (Å²) in [6.07, 6.45) is 1.85. The predicted molar refractivity (Wildman–Crippen MR) is 83.6 cm³/mol. The molecule has 0 radical (unpaired) electrons. The van der Waals surface area contributed by atoms with Crippen molar-refractivity contribution < 1.29 is 0 Å². The van der Waals surface area contributed by atoms with E-state index < -0.39 is 0 Å². The molecule has 0 saturated heterocycles. The van der Waals surface area contributed by atoms with Gasteiger partial charge < -0.3 is 9.80 Å². The van der Waals surface area contributed by atoms with Crippen LogP contribution in [0.3, 0.4) is 0 Å². The smallest absolute Gasteiger partial charge is 0.158 e. The van der Waals surface area contributed by atoms with Crippen molar-refractivity contribution in [2.75, 3.05) is 23.5 Å². The summed E-state index contributed by atoms with van der Waals surface area (Å²) in [5.41, 5.74) is 2.37. The van der Waals surface area contributed by atoms with Crippen LogP contribution in [0.25, 0.3) is 10.8 Å². The lowest BCUT2D eigenvalue weighted by Crippen LogP contribution is -2.24. The van der Waals surface area contributed by atoms with E-state index in [1.54, 1.807) is 0 Å². The Kier molecular flexibility index (Phi) is 2.39. The molecule has 20 heavy (non-hydrogen) atoms. The SMILES string of the molecule is CN1CN(c2ccc3ccccc3c2)c2ncccc21. The van der Waals surface area contributed by atoms with Crippen LogP contribution in [0.4, 0.5) is 17.2 Å². The van der Waals surface area contributed by atoms with Gasteiger partial charge in [-0.05, 0) is 35.0 Å². The Morgan fingerprint density at radius 1 is 0.950 bits per heavy atom. The van der Waals surface area contributed by atoms with Crippen LogP contribution in [-0.2, 0) is 0 Å². The molecule has 3 aromatic rings. The first kappa shape index (κ1) is 11.3. The van der Waals surface area contributed by atoms with Crippen LogP contribution in [0.1, 0.15) is 0 Å². The molecule has 2 aromatic carbocycles. The van der Waals surface area contributed by atoms with Gasteiger partial charge in [-0.25, -0.2) is 4.98 Å². The first-order chi connectivity index (χ1) is 9.83. The van der Waals surface area contributed by atoms with E-state index in [2.05, 4.69) is 70.4 Å². The Labute approximate surface area is 118 Å². The molecule has 0 atom stereocenters. The van der Waals surface area contributed by atoms with E-state index in [9.17, 15) is 0 Å². The van der Waals surface area contributed by atoms with Gasteiger partial charge in [0.25, 0.3) is 0 Å². The van der Waals surface area contributed by atoms with Gasteiger partial charge >= 0.3 is 0 Å². The Morgan fingerprint density at radius 2 is 1.80 bits per heavy atom.